The molecule has 8 aromatic rings. The quantitative estimate of drug-likeness (QED) is 0.181. The summed E-state index contributed by atoms with van der Waals surface area (Å²) in [7, 11) is 0. The van der Waals surface area contributed by atoms with Gasteiger partial charge >= 0.3 is 0 Å². The zero-order valence-corrected chi connectivity index (χ0v) is 25.4. The maximum atomic E-state index is 2.47. The Hall–Kier alpha value is -5.46. The van der Waals surface area contributed by atoms with Crippen LogP contribution in [0.2, 0.25) is 0 Å². The fraction of sp³-hybridized carbons (Fsp3) is 0.0667. The topological polar surface area (TPSA) is 0 Å². The molecule has 0 bridgehead atoms. The first-order chi connectivity index (χ1) is 22.1. The first-order valence-corrected chi connectivity index (χ1v) is 15.9. The molecular formula is C45H30. The van der Waals surface area contributed by atoms with Crippen molar-refractivity contribution in [2.45, 2.75) is 19.3 Å². The number of benzene rings is 8. The molecule has 0 atom stereocenters. The fourth-order valence-corrected chi connectivity index (χ4v) is 8.40. The van der Waals surface area contributed by atoms with Gasteiger partial charge in [-0.05, 0) is 123 Å². The molecule has 0 saturated heterocycles. The minimum atomic E-state index is -0.0981. The number of hydrogen-bond acceptors (Lipinski definition) is 0. The molecule has 0 N–H and O–H groups in total. The van der Waals surface area contributed by atoms with Gasteiger partial charge in [0.25, 0.3) is 0 Å². The van der Waals surface area contributed by atoms with Crippen LogP contribution in [-0.4, -0.2) is 0 Å². The largest absolute Gasteiger partial charge is 0.0622 e. The average Bonchev–Trinajstić information content (AvgIpc) is 3.53. The number of fused-ring (bicyclic) bond motifs is 10. The van der Waals surface area contributed by atoms with Crippen LogP contribution in [-0.2, 0) is 5.41 Å². The van der Waals surface area contributed by atoms with Crippen molar-refractivity contribution in [2.24, 2.45) is 0 Å². The maximum Gasteiger partial charge on any atom is 0.0159 e. The molecule has 0 saturated carbocycles. The van der Waals surface area contributed by atoms with Crippen molar-refractivity contribution in [2.75, 3.05) is 0 Å². The van der Waals surface area contributed by atoms with Crippen molar-refractivity contribution in [3.8, 4) is 55.6 Å². The van der Waals surface area contributed by atoms with E-state index in [1.54, 1.807) is 0 Å². The van der Waals surface area contributed by atoms with Gasteiger partial charge in [0.05, 0.1) is 0 Å². The summed E-state index contributed by atoms with van der Waals surface area (Å²) >= 11 is 0. The van der Waals surface area contributed by atoms with E-state index in [0.29, 0.717) is 0 Å². The molecule has 0 heteroatoms. The fourth-order valence-electron chi connectivity index (χ4n) is 8.40. The molecule has 0 nitrogen and oxygen atoms in total. The molecule has 0 spiro atoms. The van der Waals surface area contributed by atoms with Gasteiger partial charge in [-0.15, -0.1) is 0 Å². The van der Waals surface area contributed by atoms with Gasteiger partial charge in [0, 0.05) is 5.41 Å². The van der Waals surface area contributed by atoms with Crippen molar-refractivity contribution in [1.82, 2.24) is 0 Å². The van der Waals surface area contributed by atoms with Crippen molar-refractivity contribution in [3.63, 3.8) is 0 Å². The van der Waals surface area contributed by atoms with Crippen molar-refractivity contribution < 1.29 is 0 Å². The lowest BCUT2D eigenvalue weighted by molar-refractivity contribution is 0.661. The Morgan fingerprint density at radius 1 is 0.311 bits per heavy atom. The Bertz CT molecular complexity index is 2550. The first kappa shape index (κ1) is 24.9. The summed E-state index contributed by atoms with van der Waals surface area (Å²) in [5, 5.41) is 7.99. The molecule has 210 valence electrons. The second kappa shape index (κ2) is 8.80. The van der Waals surface area contributed by atoms with Crippen molar-refractivity contribution >= 4 is 32.3 Å². The standard InChI is InChI=1S/C45H30/c1-45(2)42-23-28(27-11-4-3-5-12-27)19-21-34(42)35-22-20-29(24-43(35)45)38-25-40-37-18-10-17-36-30-13-6-9-16-33(30)41(44(36)37)26-39(40)32-15-8-7-14-31(32)38/h3-26H,1-2H3. The average molecular weight is 571 g/mol. The highest BCUT2D eigenvalue weighted by atomic mass is 14.4. The zero-order chi connectivity index (χ0) is 29.9. The lowest BCUT2D eigenvalue weighted by Gasteiger charge is -2.23. The summed E-state index contributed by atoms with van der Waals surface area (Å²) in [6, 6.07) is 54.6. The molecule has 0 aliphatic heterocycles. The zero-order valence-electron chi connectivity index (χ0n) is 25.4. The Morgan fingerprint density at radius 2 is 0.867 bits per heavy atom. The van der Waals surface area contributed by atoms with Gasteiger partial charge in [0.2, 0.25) is 0 Å². The van der Waals surface area contributed by atoms with E-state index in [1.807, 2.05) is 0 Å². The van der Waals surface area contributed by atoms with Gasteiger partial charge in [0.15, 0.2) is 0 Å². The number of hydrogen-bond donors (Lipinski definition) is 0. The lowest BCUT2D eigenvalue weighted by Crippen LogP contribution is -2.15. The SMILES string of the molecule is CC1(C)c2cc(-c3ccccc3)ccc2-c2ccc(-c3cc4c5cccc6c5c(cc4c4ccccc34)-c3ccccc3-6)cc21. The Balaban J connectivity index is 1.20. The minimum Gasteiger partial charge on any atom is -0.0622 e. The third kappa shape index (κ3) is 3.32. The molecule has 8 aromatic carbocycles. The predicted molar refractivity (Wildman–Crippen MR) is 192 cm³/mol. The van der Waals surface area contributed by atoms with Gasteiger partial charge in [-0.1, -0.05) is 135 Å². The summed E-state index contributed by atoms with van der Waals surface area (Å²) in [6.07, 6.45) is 0. The summed E-state index contributed by atoms with van der Waals surface area (Å²) in [5.41, 5.74) is 15.9. The lowest BCUT2D eigenvalue weighted by atomic mass is 9.80. The first-order valence-electron chi connectivity index (χ1n) is 15.9. The highest BCUT2D eigenvalue weighted by Gasteiger charge is 2.36. The number of rotatable bonds is 2. The van der Waals surface area contributed by atoms with E-state index in [4.69, 9.17) is 0 Å². The van der Waals surface area contributed by atoms with Crippen LogP contribution in [0, 0.1) is 0 Å². The van der Waals surface area contributed by atoms with Crippen LogP contribution in [0.1, 0.15) is 25.0 Å². The third-order valence-corrected chi connectivity index (χ3v) is 10.6. The van der Waals surface area contributed by atoms with Gasteiger partial charge in [0.1, 0.15) is 0 Å². The molecule has 0 radical (unpaired) electrons. The predicted octanol–water partition coefficient (Wildman–Crippen LogP) is 12.4. The van der Waals surface area contributed by atoms with E-state index in [1.165, 1.54) is 99.1 Å². The van der Waals surface area contributed by atoms with Gasteiger partial charge in [-0.2, -0.15) is 0 Å². The van der Waals surface area contributed by atoms with Crippen LogP contribution in [0.4, 0.5) is 0 Å². The molecule has 0 aromatic heterocycles. The maximum absolute atomic E-state index is 2.47. The van der Waals surface area contributed by atoms with E-state index < -0.39 is 0 Å². The van der Waals surface area contributed by atoms with Crippen LogP contribution < -0.4 is 0 Å². The van der Waals surface area contributed by atoms with Gasteiger partial charge in [-0.25, -0.2) is 0 Å². The summed E-state index contributed by atoms with van der Waals surface area (Å²) in [6.45, 7) is 4.77. The summed E-state index contributed by atoms with van der Waals surface area (Å²) in [5.74, 6) is 0. The van der Waals surface area contributed by atoms with Crippen molar-refractivity contribution in [3.05, 3.63) is 157 Å². The molecule has 45 heavy (non-hydrogen) atoms. The van der Waals surface area contributed by atoms with Crippen LogP contribution >= 0.6 is 0 Å². The van der Waals surface area contributed by atoms with E-state index in [2.05, 4.69) is 159 Å². The molecule has 10 rings (SSSR count). The highest BCUT2D eigenvalue weighted by molar-refractivity contribution is 6.28. The normalized spacial score (nSPS) is 13.7. The second-order valence-corrected chi connectivity index (χ2v) is 13.3. The smallest absolute Gasteiger partial charge is 0.0159 e. The molecule has 0 fully saturated rings. The van der Waals surface area contributed by atoms with Crippen LogP contribution in [0.3, 0.4) is 0 Å². The molecule has 0 heterocycles. The Kier molecular flexibility index (Phi) is 4.88. The molecular weight excluding hydrogens is 540 g/mol. The van der Waals surface area contributed by atoms with Gasteiger partial charge < -0.3 is 0 Å². The molecule has 2 aliphatic carbocycles. The molecule has 0 amide bonds. The van der Waals surface area contributed by atoms with E-state index in [0.717, 1.165) is 0 Å². The monoisotopic (exact) mass is 570 g/mol. The van der Waals surface area contributed by atoms with E-state index in [9.17, 15) is 0 Å². The van der Waals surface area contributed by atoms with Gasteiger partial charge in [-0.3, -0.25) is 0 Å². The van der Waals surface area contributed by atoms with Crippen molar-refractivity contribution in [1.29, 1.82) is 0 Å². The minimum absolute atomic E-state index is 0.0981. The van der Waals surface area contributed by atoms with E-state index in [-0.39, 0.29) is 5.41 Å². The summed E-state index contributed by atoms with van der Waals surface area (Å²) in [4.78, 5) is 0. The molecule has 2 aliphatic rings. The Labute approximate surface area is 263 Å². The van der Waals surface area contributed by atoms with E-state index >= 15 is 0 Å². The van der Waals surface area contributed by atoms with Crippen LogP contribution in [0.15, 0.2) is 146 Å². The van der Waals surface area contributed by atoms with Crippen LogP contribution in [0.25, 0.3) is 88.0 Å². The van der Waals surface area contributed by atoms with Crippen LogP contribution in [0.5, 0.6) is 0 Å². The Morgan fingerprint density at radius 3 is 1.64 bits per heavy atom. The highest BCUT2D eigenvalue weighted by Crippen LogP contribution is 2.53. The third-order valence-electron chi connectivity index (χ3n) is 10.6. The second-order valence-electron chi connectivity index (χ2n) is 13.3. The molecule has 0 unspecified atom stereocenters. The summed E-state index contributed by atoms with van der Waals surface area (Å²) < 4.78 is 0.